The van der Waals surface area contributed by atoms with Gasteiger partial charge in [-0.25, -0.2) is 9.78 Å². The molecule has 0 radical (unpaired) electrons. The molecule has 0 saturated heterocycles. The SMILES string of the molecule is CC(=O)NCC#Cc1ncc(C(=O)O)s1. The second kappa shape index (κ2) is 5.12. The molecular formula is C9H8N2O3S. The van der Waals surface area contributed by atoms with Gasteiger partial charge < -0.3 is 10.4 Å². The number of aromatic carboxylic acids is 1. The summed E-state index contributed by atoms with van der Waals surface area (Å²) in [4.78, 5) is 24.9. The Morgan fingerprint density at radius 1 is 1.67 bits per heavy atom. The number of amides is 1. The Balaban J connectivity index is 2.56. The molecule has 0 atom stereocenters. The van der Waals surface area contributed by atoms with E-state index in [0.29, 0.717) is 5.01 Å². The molecule has 0 bridgehead atoms. The Morgan fingerprint density at radius 3 is 2.93 bits per heavy atom. The van der Waals surface area contributed by atoms with Crippen molar-refractivity contribution >= 4 is 23.2 Å². The minimum absolute atomic E-state index is 0.152. The Morgan fingerprint density at radius 2 is 2.40 bits per heavy atom. The van der Waals surface area contributed by atoms with Gasteiger partial charge in [0.05, 0.1) is 12.7 Å². The molecule has 1 aromatic heterocycles. The fourth-order valence-electron chi connectivity index (χ4n) is 0.719. The van der Waals surface area contributed by atoms with Crippen LogP contribution >= 0.6 is 11.3 Å². The number of carbonyl (C=O) groups excluding carboxylic acids is 1. The number of nitrogens with one attached hydrogen (secondary N) is 1. The van der Waals surface area contributed by atoms with Gasteiger partial charge in [0.15, 0.2) is 5.01 Å². The minimum Gasteiger partial charge on any atom is -0.477 e. The van der Waals surface area contributed by atoms with E-state index >= 15 is 0 Å². The number of carbonyl (C=O) groups is 2. The molecule has 0 saturated carbocycles. The van der Waals surface area contributed by atoms with Crippen LogP contribution in [0, 0.1) is 11.8 Å². The van der Waals surface area contributed by atoms with E-state index in [4.69, 9.17) is 5.11 Å². The van der Waals surface area contributed by atoms with Crippen LogP contribution in [0.25, 0.3) is 0 Å². The van der Waals surface area contributed by atoms with Crippen LogP contribution in [0.4, 0.5) is 0 Å². The summed E-state index contributed by atoms with van der Waals surface area (Å²) in [6, 6.07) is 0. The van der Waals surface area contributed by atoms with Gasteiger partial charge in [0.25, 0.3) is 0 Å². The van der Waals surface area contributed by atoms with Crippen LogP contribution in [0.2, 0.25) is 0 Å². The lowest BCUT2D eigenvalue weighted by molar-refractivity contribution is -0.118. The van der Waals surface area contributed by atoms with E-state index in [2.05, 4.69) is 22.1 Å². The summed E-state index contributed by atoms with van der Waals surface area (Å²) < 4.78 is 0. The summed E-state index contributed by atoms with van der Waals surface area (Å²) in [5, 5.41) is 11.5. The van der Waals surface area contributed by atoms with E-state index in [1.54, 1.807) is 0 Å². The lowest BCUT2D eigenvalue weighted by Crippen LogP contribution is -2.19. The molecule has 5 nitrogen and oxygen atoms in total. The number of rotatable bonds is 2. The first kappa shape index (κ1) is 11.2. The van der Waals surface area contributed by atoms with Gasteiger partial charge in [-0.3, -0.25) is 4.79 Å². The first-order valence-corrected chi connectivity index (χ1v) is 4.83. The van der Waals surface area contributed by atoms with Crippen LogP contribution < -0.4 is 5.32 Å². The Labute approximate surface area is 90.1 Å². The molecule has 1 heterocycles. The van der Waals surface area contributed by atoms with Gasteiger partial charge in [-0.15, -0.1) is 0 Å². The zero-order chi connectivity index (χ0) is 11.3. The van der Waals surface area contributed by atoms with Crippen molar-refractivity contribution in [1.82, 2.24) is 10.3 Å². The minimum atomic E-state index is -1.01. The maximum atomic E-state index is 10.5. The average Bonchev–Trinajstić information content (AvgIpc) is 2.60. The van der Waals surface area contributed by atoms with Gasteiger partial charge in [0.1, 0.15) is 4.88 Å². The van der Waals surface area contributed by atoms with Gasteiger partial charge in [0, 0.05) is 6.92 Å². The van der Waals surface area contributed by atoms with Gasteiger partial charge in [-0.1, -0.05) is 17.3 Å². The summed E-state index contributed by atoms with van der Waals surface area (Å²) >= 11 is 1.00. The van der Waals surface area contributed by atoms with Crippen molar-refractivity contribution in [2.45, 2.75) is 6.92 Å². The van der Waals surface area contributed by atoms with E-state index in [1.165, 1.54) is 13.1 Å². The highest BCUT2D eigenvalue weighted by molar-refractivity contribution is 7.14. The first-order chi connectivity index (χ1) is 7.09. The molecule has 1 amide bonds. The molecule has 1 rings (SSSR count). The maximum absolute atomic E-state index is 10.5. The average molecular weight is 224 g/mol. The summed E-state index contributed by atoms with van der Waals surface area (Å²) in [5.74, 6) is 4.14. The standard InChI is InChI=1S/C9H8N2O3S/c1-6(12)10-4-2-3-8-11-5-7(15-8)9(13)14/h5H,4H2,1H3,(H,10,12)(H,13,14). The third-order valence-corrected chi connectivity index (χ3v) is 2.24. The first-order valence-electron chi connectivity index (χ1n) is 4.02. The lowest BCUT2D eigenvalue weighted by atomic mass is 10.5. The van der Waals surface area contributed by atoms with Crippen molar-refractivity contribution in [2.24, 2.45) is 0 Å². The summed E-state index contributed by atoms with van der Waals surface area (Å²) in [6.07, 6.45) is 1.26. The monoisotopic (exact) mass is 224 g/mol. The smallest absolute Gasteiger partial charge is 0.347 e. The molecule has 0 aliphatic heterocycles. The normalized spacial score (nSPS) is 8.87. The summed E-state index contributed by atoms with van der Waals surface area (Å²) in [6.45, 7) is 1.63. The highest BCUT2D eigenvalue weighted by Crippen LogP contribution is 2.10. The van der Waals surface area contributed by atoms with Crippen molar-refractivity contribution in [1.29, 1.82) is 0 Å². The van der Waals surface area contributed by atoms with E-state index < -0.39 is 5.97 Å². The van der Waals surface area contributed by atoms with Crippen molar-refractivity contribution in [3.8, 4) is 11.8 Å². The number of hydrogen-bond acceptors (Lipinski definition) is 4. The molecule has 0 aromatic carbocycles. The summed E-state index contributed by atoms with van der Waals surface area (Å²) in [7, 11) is 0. The number of carboxylic acids is 1. The Hall–Kier alpha value is -1.87. The topological polar surface area (TPSA) is 79.3 Å². The number of hydrogen-bond donors (Lipinski definition) is 2. The van der Waals surface area contributed by atoms with Crippen molar-refractivity contribution < 1.29 is 14.7 Å². The fraction of sp³-hybridized carbons (Fsp3) is 0.222. The molecule has 1 aromatic rings. The van der Waals surface area contributed by atoms with Gasteiger partial charge in [-0.2, -0.15) is 0 Å². The van der Waals surface area contributed by atoms with Crippen molar-refractivity contribution in [3.05, 3.63) is 16.1 Å². The number of nitrogens with zero attached hydrogens (tertiary/aromatic N) is 1. The van der Waals surface area contributed by atoms with Gasteiger partial charge >= 0.3 is 5.97 Å². The predicted molar refractivity (Wildman–Crippen MR) is 54.6 cm³/mol. The van der Waals surface area contributed by atoms with Gasteiger partial charge in [-0.05, 0) is 5.92 Å². The third-order valence-electron chi connectivity index (χ3n) is 1.34. The maximum Gasteiger partial charge on any atom is 0.347 e. The molecule has 0 fully saturated rings. The molecule has 0 aliphatic rings. The van der Waals surface area contributed by atoms with Crippen LogP contribution in [0.5, 0.6) is 0 Å². The van der Waals surface area contributed by atoms with Crippen LogP contribution in [0.3, 0.4) is 0 Å². The summed E-state index contributed by atoms with van der Waals surface area (Å²) in [5.41, 5.74) is 0. The van der Waals surface area contributed by atoms with Gasteiger partial charge in [0.2, 0.25) is 5.91 Å². The molecule has 6 heteroatoms. The van der Waals surface area contributed by atoms with Crippen LogP contribution in [-0.4, -0.2) is 28.5 Å². The van der Waals surface area contributed by atoms with Crippen molar-refractivity contribution in [3.63, 3.8) is 0 Å². The highest BCUT2D eigenvalue weighted by Gasteiger charge is 2.06. The third kappa shape index (κ3) is 3.79. The predicted octanol–water partition coefficient (Wildman–Crippen LogP) is 0.329. The molecule has 2 N–H and O–H groups in total. The van der Waals surface area contributed by atoms with E-state index in [1.807, 2.05) is 0 Å². The zero-order valence-corrected chi connectivity index (χ0v) is 8.72. The van der Waals surface area contributed by atoms with E-state index in [0.717, 1.165) is 11.3 Å². The van der Waals surface area contributed by atoms with Crippen LogP contribution in [-0.2, 0) is 4.79 Å². The lowest BCUT2D eigenvalue weighted by Gasteiger charge is -1.89. The second-order valence-electron chi connectivity index (χ2n) is 2.55. The molecule has 0 unspecified atom stereocenters. The molecule has 0 spiro atoms. The molecular weight excluding hydrogens is 216 g/mol. The van der Waals surface area contributed by atoms with Crippen LogP contribution in [0.1, 0.15) is 21.6 Å². The molecule has 78 valence electrons. The number of aromatic nitrogens is 1. The zero-order valence-electron chi connectivity index (χ0n) is 7.90. The quantitative estimate of drug-likeness (QED) is 0.709. The van der Waals surface area contributed by atoms with Crippen LogP contribution in [0.15, 0.2) is 6.20 Å². The Kier molecular flexibility index (Phi) is 3.83. The molecule has 15 heavy (non-hydrogen) atoms. The largest absolute Gasteiger partial charge is 0.477 e. The highest BCUT2D eigenvalue weighted by atomic mass is 32.1. The molecule has 0 aliphatic carbocycles. The van der Waals surface area contributed by atoms with E-state index in [-0.39, 0.29) is 17.3 Å². The second-order valence-corrected chi connectivity index (χ2v) is 3.58. The fourth-order valence-corrected chi connectivity index (χ4v) is 1.35. The number of thiazole rings is 1. The number of carboxylic acid groups (broad SMARTS) is 1. The Bertz CT molecular complexity index is 442. The van der Waals surface area contributed by atoms with E-state index in [9.17, 15) is 9.59 Å². The van der Waals surface area contributed by atoms with Crippen molar-refractivity contribution in [2.75, 3.05) is 6.54 Å².